The Balaban J connectivity index is 2.00. The molecule has 0 spiro atoms. The van der Waals surface area contributed by atoms with E-state index in [0.717, 1.165) is 35.7 Å². The topological polar surface area (TPSA) is 55.1 Å². The van der Waals surface area contributed by atoms with E-state index in [-0.39, 0.29) is 0 Å². The van der Waals surface area contributed by atoms with Crippen LogP contribution in [0.25, 0.3) is 0 Å². The number of carboxylic acid groups (broad SMARTS) is 1. The summed E-state index contributed by atoms with van der Waals surface area (Å²) in [5, 5.41) is 13.7. The van der Waals surface area contributed by atoms with E-state index in [1.807, 2.05) is 0 Å². The first-order valence-electron chi connectivity index (χ1n) is 5.65. The Morgan fingerprint density at radius 1 is 1.56 bits per heavy atom. The van der Waals surface area contributed by atoms with Crippen molar-refractivity contribution in [2.75, 3.05) is 5.75 Å². The van der Waals surface area contributed by atoms with Crippen LogP contribution in [0.2, 0.25) is 0 Å². The Kier molecular flexibility index (Phi) is 2.42. The number of aromatic nitrogens is 2. The van der Waals surface area contributed by atoms with Gasteiger partial charge < -0.3 is 5.11 Å². The Morgan fingerprint density at radius 2 is 2.38 bits per heavy atom. The van der Waals surface area contributed by atoms with Gasteiger partial charge in [0.25, 0.3) is 0 Å². The molecule has 2 aliphatic rings. The van der Waals surface area contributed by atoms with Gasteiger partial charge in [0.1, 0.15) is 0 Å². The molecule has 1 aliphatic heterocycles. The molecule has 0 amide bonds. The summed E-state index contributed by atoms with van der Waals surface area (Å²) in [6.07, 6.45) is 3.36. The summed E-state index contributed by atoms with van der Waals surface area (Å²) >= 11 is 1.80. The van der Waals surface area contributed by atoms with Gasteiger partial charge in [-0.05, 0) is 24.5 Å². The van der Waals surface area contributed by atoms with Crippen molar-refractivity contribution in [1.82, 2.24) is 9.78 Å². The number of hydrogen-bond donors (Lipinski definition) is 1. The third-order valence-electron chi connectivity index (χ3n) is 3.19. The molecule has 1 saturated carbocycles. The van der Waals surface area contributed by atoms with Gasteiger partial charge in [0.2, 0.25) is 0 Å². The predicted molar refractivity (Wildman–Crippen MR) is 61.8 cm³/mol. The van der Waals surface area contributed by atoms with Crippen molar-refractivity contribution >= 4 is 17.7 Å². The zero-order valence-electron chi connectivity index (χ0n) is 8.98. The van der Waals surface area contributed by atoms with Gasteiger partial charge in [-0.1, -0.05) is 0 Å². The maximum atomic E-state index is 11.3. The van der Waals surface area contributed by atoms with Crippen LogP contribution < -0.4 is 0 Å². The number of aromatic carboxylic acids is 1. The molecule has 0 atom stereocenters. The molecule has 0 radical (unpaired) electrons. The van der Waals surface area contributed by atoms with Crippen molar-refractivity contribution in [3.05, 3.63) is 17.0 Å². The van der Waals surface area contributed by atoms with Crippen LogP contribution in [0.1, 0.15) is 34.6 Å². The highest BCUT2D eigenvalue weighted by atomic mass is 32.2. The summed E-state index contributed by atoms with van der Waals surface area (Å²) in [4.78, 5) is 11.3. The largest absolute Gasteiger partial charge is 0.477 e. The first-order chi connectivity index (χ1) is 7.75. The maximum absolute atomic E-state index is 11.3. The van der Waals surface area contributed by atoms with Gasteiger partial charge in [0.05, 0.1) is 5.69 Å². The Morgan fingerprint density at radius 3 is 3.06 bits per heavy atom. The van der Waals surface area contributed by atoms with Crippen molar-refractivity contribution in [3.8, 4) is 0 Å². The smallest absolute Gasteiger partial charge is 0.354 e. The molecule has 5 heteroatoms. The molecule has 1 N–H and O–H groups in total. The number of hydrogen-bond acceptors (Lipinski definition) is 3. The number of nitrogens with zero attached hydrogens (tertiary/aromatic N) is 2. The van der Waals surface area contributed by atoms with Crippen LogP contribution in [0.5, 0.6) is 0 Å². The van der Waals surface area contributed by atoms with E-state index >= 15 is 0 Å². The molecule has 2 heterocycles. The average Bonchev–Trinajstić information content (AvgIpc) is 2.97. The van der Waals surface area contributed by atoms with Gasteiger partial charge in [-0.2, -0.15) is 16.9 Å². The van der Waals surface area contributed by atoms with Gasteiger partial charge in [0.15, 0.2) is 5.69 Å². The van der Waals surface area contributed by atoms with E-state index < -0.39 is 5.97 Å². The van der Waals surface area contributed by atoms with Crippen LogP contribution >= 0.6 is 11.8 Å². The number of carbonyl (C=O) groups is 1. The molecule has 0 saturated heterocycles. The van der Waals surface area contributed by atoms with Gasteiger partial charge in [0, 0.05) is 24.3 Å². The lowest BCUT2D eigenvalue weighted by molar-refractivity contribution is 0.0682. The van der Waals surface area contributed by atoms with E-state index in [4.69, 9.17) is 0 Å². The van der Waals surface area contributed by atoms with Crippen LogP contribution in [-0.2, 0) is 18.7 Å². The fraction of sp³-hybridized carbons (Fsp3) is 0.636. The fourth-order valence-corrected chi connectivity index (χ4v) is 3.15. The highest BCUT2D eigenvalue weighted by molar-refractivity contribution is 7.98. The Hall–Kier alpha value is -0.970. The SMILES string of the molecule is O=C(O)c1c2c(nn1CC1CC1)CCSC2. The molecule has 1 aromatic heterocycles. The average molecular weight is 238 g/mol. The molecule has 86 valence electrons. The van der Waals surface area contributed by atoms with Crippen LogP contribution in [0, 0.1) is 5.92 Å². The van der Waals surface area contributed by atoms with E-state index in [9.17, 15) is 9.90 Å². The van der Waals surface area contributed by atoms with Crippen LogP contribution in [0.3, 0.4) is 0 Å². The second kappa shape index (κ2) is 3.80. The molecular formula is C11H14N2O2S. The lowest BCUT2D eigenvalue weighted by atomic mass is 10.1. The van der Waals surface area contributed by atoms with Gasteiger partial charge in [-0.3, -0.25) is 4.68 Å². The Labute approximate surface area is 98.0 Å². The molecule has 16 heavy (non-hydrogen) atoms. The molecule has 0 bridgehead atoms. The van der Waals surface area contributed by atoms with Crippen molar-refractivity contribution in [2.24, 2.45) is 5.92 Å². The lowest BCUT2D eigenvalue weighted by Gasteiger charge is -2.09. The zero-order chi connectivity index (χ0) is 11.1. The van der Waals surface area contributed by atoms with Crippen molar-refractivity contribution in [1.29, 1.82) is 0 Å². The normalized spacial score (nSPS) is 19.5. The van der Waals surface area contributed by atoms with Crippen molar-refractivity contribution < 1.29 is 9.90 Å². The van der Waals surface area contributed by atoms with Gasteiger partial charge in [-0.15, -0.1) is 0 Å². The molecule has 0 unspecified atom stereocenters. The van der Waals surface area contributed by atoms with Crippen LogP contribution in [-0.4, -0.2) is 26.6 Å². The molecule has 3 rings (SSSR count). The monoisotopic (exact) mass is 238 g/mol. The Bertz CT molecular complexity index is 437. The standard InChI is InChI=1S/C11H14N2O2S/c14-11(15)10-8-6-16-4-3-9(8)12-13(10)5-7-1-2-7/h7H,1-6H2,(H,14,15). The molecule has 1 fully saturated rings. The third-order valence-corrected chi connectivity index (χ3v) is 4.18. The molecule has 1 aliphatic carbocycles. The zero-order valence-corrected chi connectivity index (χ0v) is 9.79. The first kappa shape index (κ1) is 10.2. The van der Waals surface area contributed by atoms with Crippen molar-refractivity contribution in [2.45, 2.75) is 31.6 Å². The second-order valence-corrected chi connectivity index (χ2v) is 5.61. The molecule has 1 aromatic rings. The number of rotatable bonds is 3. The third kappa shape index (κ3) is 1.73. The number of thioether (sulfide) groups is 1. The lowest BCUT2D eigenvalue weighted by Crippen LogP contribution is -2.12. The quantitative estimate of drug-likeness (QED) is 0.872. The highest BCUT2D eigenvalue weighted by Gasteiger charge is 2.29. The van der Waals surface area contributed by atoms with Crippen LogP contribution in [0.15, 0.2) is 0 Å². The summed E-state index contributed by atoms with van der Waals surface area (Å²) in [5.41, 5.74) is 2.41. The van der Waals surface area contributed by atoms with E-state index in [2.05, 4.69) is 5.10 Å². The summed E-state index contributed by atoms with van der Waals surface area (Å²) in [6, 6.07) is 0. The number of carboxylic acids is 1. The molecule has 0 aromatic carbocycles. The van der Waals surface area contributed by atoms with Crippen molar-refractivity contribution in [3.63, 3.8) is 0 Å². The summed E-state index contributed by atoms with van der Waals surface area (Å²) < 4.78 is 1.73. The number of aryl methyl sites for hydroxylation is 1. The minimum Gasteiger partial charge on any atom is -0.477 e. The fourth-order valence-electron chi connectivity index (χ4n) is 2.16. The summed E-state index contributed by atoms with van der Waals surface area (Å²) in [5.74, 6) is 1.71. The molecule has 4 nitrogen and oxygen atoms in total. The van der Waals surface area contributed by atoms with Gasteiger partial charge in [-0.25, -0.2) is 4.79 Å². The molecular weight excluding hydrogens is 224 g/mol. The maximum Gasteiger partial charge on any atom is 0.354 e. The first-order valence-corrected chi connectivity index (χ1v) is 6.81. The summed E-state index contributed by atoms with van der Waals surface area (Å²) in [6.45, 7) is 0.791. The minimum atomic E-state index is -0.822. The summed E-state index contributed by atoms with van der Waals surface area (Å²) in [7, 11) is 0. The van der Waals surface area contributed by atoms with Gasteiger partial charge >= 0.3 is 5.97 Å². The minimum absolute atomic E-state index is 0.439. The van der Waals surface area contributed by atoms with E-state index in [1.165, 1.54) is 12.8 Å². The van der Waals surface area contributed by atoms with E-state index in [1.54, 1.807) is 16.4 Å². The highest BCUT2D eigenvalue weighted by Crippen LogP contribution is 2.33. The predicted octanol–water partition coefficient (Wildman–Crippen LogP) is 1.78. The number of fused-ring (bicyclic) bond motifs is 1. The van der Waals surface area contributed by atoms with E-state index in [0.29, 0.717) is 11.6 Å². The second-order valence-electron chi connectivity index (χ2n) is 4.51. The van der Waals surface area contributed by atoms with Crippen LogP contribution in [0.4, 0.5) is 0 Å².